The van der Waals surface area contributed by atoms with Crippen LogP contribution in [0.1, 0.15) is 24.8 Å². The normalized spacial score (nSPS) is 15.7. The first-order valence-electron chi connectivity index (χ1n) is 7.28. The van der Waals surface area contributed by atoms with Gasteiger partial charge < -0.3 is 10.2 Å². The van der Waals surface area contributed by atoms with E-state index in [1.54, 1.807) is 18.2 Å². The van der Waals surface area contributed by atoms with E-state index in [0.29, 0.717) is 16.6 Å². The number of benzene rings is 1. The zero-order valence-electron chi connectivity index (χ0n) is 11.9. The Bertz CT molecular complexity index is 511. The first-order valence-corrected chi connectivity index (χ1v) is 8.04. The van der Waals surface area contributed by atoms with Gasteiger partial charge in [-0.25, -0.2) is 0 Å². The molecule has 1 fully saturated rings. The summed E-state index contributed by atoms with van der Waals surface area (Å²) < 4.78 is 0. The zero-order valence-corrected chi connectivity index (χ0v) is 13.5. The first kappa shape index (κ1) is 16.3. The molecule has 0 radical (unpaired) electrons. The van der Waals surface area contributed by atoms with E-state index in [1.807, 2.05) is 6.07 Å². The monoisotopic (exact) mass is 326 g/mol. The Kier molecular flexibility index (Phi) is 6.55. The Morgan fingerprint density at radius 3 is 2.71 bits per heavy atom. The molecule has 0 aliphatic carbocycles. The zero-order chi connectivity index (χ0) is 15.1. The average Bonchev–Trinajstić information content (AvgIpc) is 2.98. The van der Waals surface area contributed by atoms with Gasteiger partial charge in [0.1, 0.15) is 0 Å². The molecule has 1 saturated heterocycles. The van der Waals surface area contributed by atoms with Crippen molar-refractivity contribution in [3.8, 4) is 0 Å². The van der Waals surface area contributed by atoms with Gasteiger partial charge in [-0.1, -0.05) is 29.3 Å². The van der Waals surface area contributed by atoms with Crippen molar-refractivity contribution in [2.75, 3.05) is 26.2 Å². The van der Waals surface area contributed by atoms with Crippen molar-refractivity contribution < 1.29 is 4.79 Å². The van der Waals surface area contributed by atoms with Gasteiger partial charge in [0.15, 0.2) is 0 Å². The SMILES string of the molecule is O=C(/C=C/c1ccc(Cl)c(Cl)c1)NCCCN1CCCC1. The molecular formula is C16H20Cl2N2O. The van der Waals surface area contributed by atoms with Crippen LogP contribution in [0.25, 0.3) is 6.08 Å². The predicted octanol–water partition coefficient (Wildman–Crippen LogP) is 3.61. The van der Waals surface area contributed by atoms with E-state index < -0.39 is 0 Å². The molecule has 0 bridgehead atoms. The number of nitrogens with one attached hydrogen (secondary N) is 1. The van der Waals surface area contributed by atoms with Crippen molar-refractivity contribution in [1.29, 1.82) is 0 Å². The first-order chi connectivity index (χ1) is 10.1. The van der Waals surface area contributed by atoms with Crippen LogP contribution >= 0.6 is 23.2 Å². The van der Waals surface area contributed by atoms with Gasteiger partial charge in [-0.15, -0.1) is 0 Å². The van der Waals surface area contributed by atoms with Crippen molar-refractivity contribution in [3.63, 3.8) is 0 Å². The molecule has 0 atom stereocenters. The van der Waals surface area contributed by atoms with Crippen molar-refractivity contribution in [2.45, 2.75) is 19.3 Å². The second-order valence-corrected chi connectivity index (χ2v) is 6.01. The summed E-state index contributed by atoms with van der Waals surface area (Å²) in [5, 5.41) is 3.90. The van der Waals surface area contributed by atoms with Crippen LogP contribution in [0.3, 0.4) is 0 Å². The molecule has 21 heavy (non-hydrogen) atoms. The van der Waals surface area contributed by atoms with E-state index in [1.165, 1.54) is 32.0 Å². The molecule has 1 amide bonds. The largest absolute Gasteiger partial charge is 0.353 e. The average molecular weight is 327 g/mol. The maximum atomic E-state index is 11.7. The fourth-order valence-corrected chi connectivity index (χ4v) is 2.67. The van der Waals surface area contributed by atoms with Crippen LogP contribution < -0.4 is 5.32 Å². The molecule has 1 N–H and O–H groups in total. The number of carbonyl (C=O) groups excluding carboxylic acids is 1. The number of likely N-dealkylation sites (tertiary alicyclic amines) is 1. The van der Waals surface area contributed by atoms with Gasteiger partial charge in [-0.3, -0.25) is 4.79 Å². The van der Waals surface area contributed by atoms with E-state index in [2.05, 4.69) is 10.2 Å². The molecule has 1 aromatic carbocycles. The quantitative estimate of drug-likeness (QED) is 0.639. The second-order valence-electron chi connectivity index (χ2n) is 5.20. The van der Waals surface area contributed by atoms with Gasteiger partial charge in [0.2, 0.25) is 5.91 Å². The summed E-state index contributed by atoms with van der Waals surface area (Å²) in [6.07, 6.45) is 6.86. The molecule has 5 heteroatoms. The maximum Gasteiger partial charge on any atom is 0.243 e. The molecule has 114 valence electrons. The lowest BCUT2D eigenvalue weighted by molar-refractivity contribution is -0.116. The number of rotatable bonds is 6. The van der Waals surface area contributed by atoms with Gasteiger partial charge in [0.05, 0.1) is 10.0 Å². The third-order valence-electron chi connectivity index (χ3n) is 3.52. The van der Waals surface area contributed by atoms with E-state index >= 15 is 0 Å². The molecule has 1 aromatic rings. The summed E-state index contributed by atoms with van der Waals surface area (Å²) in [5.74, 6) is -0.0810. The second kappa shape index (κ2) is 8.42. The minimum atomic E-state index is -0.0810. The molecule has 0 saturated carbocycles. The molecule has 0 spiro atoms. The third kappa shape index (κ3) is 5.70. The van der Waals surface area contributed by atoms with Crippen molar-refractivity contribution in [1.82, 2.24) is 10.2 Å². The Morgan fingerprint density at radius 2 is 2.00 bits per heavy atom. The highest BCUT2D eigenvalue weighted by atomic mass is 35.5. The fraction of sp³-hybridized carbons (Fsp3) is 0.438. The summed E-state index contributed by atoms with van der Waals surface area (Å²) >= 11 is 11.8. The topological polar surface area (TPSA) is 32.3 Å². The minimum absolute atomic E-state index is 0.0810. The Labute approximate surface area is 135 Å². The highest BCUT2D eigenvalue weighted by Crippen LogP contribution is 2.23. The summed E-state index contributed by atoms with van der Waals surface area (Å²) in [7, 11) is 0. The number of amides is 1. The van der Waals surface area contributed by atoms with Crippen molar-refractivity contribution in [2.24, 2.45) is 0 Å². The summed E-state index contributed by atoms with van der Waals surface area (Å²) in [5.41, 5.74) is 0.858. The highest BCUT2D eigenvalue weighted by Gasteiger charge is 2.10. The molecule has 2 rings (SSSR count). The number of nitrogens with zero attached hydrogens (tertiary/aromatic N) is 1. The Hall–Kier alpha value is -1.03. The highest BCUT2D eigenvalue weighted by molar-refractivity contribution is 6.42. The van der Waals surface area contributed by atoms with Gasteiger partial charge in [0, 0.05) is 12.6 Å². The van der Waals surface area contributed by atoms with Crippen LogP contribution in [0.2, 0.25) is 10.0 Å². The number of hydrogen-bond acceptors (Lipinski definition) is 2. The summed E-state index contributed by atoms with van der Waals surface area (Å²) in [6.45, 7) is 4.17. The third-order valence-corrected chi connectivity index (χ3v) is 4.26. The van der Waals surface area contributed by atoms with Gasteiger partial charge in [0.25, 0.3) is 0 Å². The van der Waals surface area contributed by atoms with Crippen LogP contribution in [-0.2, 0) is 4.79 Å². The van der Waals surface area contributed by atoms with Crippen LogP contribution in [0, 0.1) is 0 Å². The van der Waals surface area contributed by atoms with Crippen LogP contribution in [-0.4, -0.2) is 37.0 Å². The van der Waals surface area contributed by atoms with Gasteiger partial charge in [-0.05, 0) is 62.7 Å². The van der Waals surface area contributed by atoms with Crippen LogP contribution in [0.15, 0.2) is 24.3 Å². The van der Waals surface area contributed by atoms with Gasteiger partial charge in [-0.2, -0.15) is 0 Å². The molecule has 1 heterocycles. The molecule has 0 aromatic heterocycles. The predicted molar refractivity (Wildman–Crippen MR) is 88.8 cm³/mol. The number of hydrogen-bond donors (Lipinski definition) is 1. The summed E-state index contributed by atoms with van der Waals surface area (Å²) in [4.78, 5) is 14.1. The molecule has 0 unspecified atom stereocenters. The van der Waals surface area contributed by atoms with Crippen molar-refractivity contribution in [3.05, 3.63) is 39.9 Å². The van der Waals surface area contributed by atoms with Crippen LogP contribution in [0.4, 0.5) is 0 Å². The lowest BCUT2D eigenvalue weighted by Gasteiger charge is -2.13. The number of carbonyl (C=O) groups is 1. The van der Waals surface area contributed by atoms with E-state index in [-0.39, 0.29) is 5.91 Å². The number of halogens is 2. The molecule has 3 nitrogen and oxygen atoms in total. The Balaban J connectivity index is 1.68. The smallest absolute Gasteiger partial charge is 0.243 e. The van der Waals surface area contributed by atoms with E-state index in [9.17, 15) is 4.79 Å². The standard InChI is InChI=1S/C16H20Cl2N2O/c17-14-6-4-13(12-15(14)18)5-7-16(21)19-8-3-11-20-9-1-2-10-20/h4-7,12H,1-3,8-11H2,(H,19,21)/b7-5+. The van der Waals surface area contributed by atoms with E-state index in [0.717, 1.165) is 18.5 Å². The molecule has 1 aliphatic rings. The minimum Gasteiger partial charge on any atom is -0.353 e. The van der Waals surface area contributed by atoms with Crippen molar-refractivity contribution >= 4 is 35.2 Å². The lowest BCUT2D eigenvalue weighted by atomic mass is 10.2. The van der Waals surface area contributed by atoms with E-state index in [4.69, 9.17) is 23.2 Å². The maximum absolute atomic E-state index is 11.7. The fourth-order valence-electron chi connectivity index (χ4n) is 2.37. The Morgan fingerprint density at radius 1 is 1.24 bits per heavy atom. The van der Waals surface area contributed by atoms with Crippen LogP contribution in [0.5, 0.6) is 0 Å². The van der Waals surface area contributed by atoms with Gasteiger partial charge >= 0.3 is 0 Å². The molecular weight excluding hydrogens is 307 g/mol. The lowest BCUT2D eigenvalue weighted by Crippen LogP contribution is -2.27. The molecule has 1 aliphatic heterocycles. The summed E-state index contributed by atoms with van der Waals surface area (Å²) in [6, 6.07) is 5.28.